The van der Waals surface area contributed by atoms with E-state index < -0.39 is 17.8 Å². The summed E-state index contributed by atoms with van der Waals surface area (Å²) in [6, 6.07) is 9.19. The highest BCUT2D eigenvalue weighted by molar-refractivity contribution is 5.69. The van der Waals surface area contributed by atoms with Crippen LogP contribution in [-0.2, 0) is 16.1 Å². The van der Waals surface area contributed by atoms with E-state index in [1.807, 2.05) is 71.9 Å². The van der Waals surface area contributed by atoms with Crippen molar-refractivity contribution in [2.24, 2.45) is 5.41 Å². The molecule has 1 aromatic rings. The first-order chi connectivity index (χ1) is 11.9. The molecule has 0 saturated heterocycles. The second kappa shape index (κ2) is 8.92. The zero-order chi connectivity index (χ0) is 20.0. The zero-order valence-electron chi connectivity index (χ0n) is 17.0. The van der Waals surface area contributed by atoms with Gasteiger partial charge in [0.25, 0.3) is 0 Å². The van der Waals surface area contributed by atoms with E-state index in [-0.39, 0.29) is 18.1 Å². The summed E-state index contributed by atoms with van der Waals surface area (Å²) in [6.45, 7) is 12.0. The van der Waals surface area contributed by atoms with Gasteiger partial charge in [-0.25, -0.2) is 9.59 Å². The van der Waals surface area contributed by atoms with Crippen LogP contribution in [0.2, 0.25) is 0 Å². The largest absolute Gasteiger partial charge is 0.445 e. The molecule has 0 radical (unpaired) electrons. The van der Waals surface area contributed by atoms with Gasteiger partial charge in [0.05, 0.1) is 6.04 Å². The third-order valence-electron chi connectivity index (χ3n) is 3.71. The minimum Gasteiger partial charge on any atom is -0.445 e. The van der Waals surface area contributed by atoms with Crippen molar-refractivity contribution in [1.82, 2.24) is 10.2 Å². The molecule has 2 amide bonds. The maximum absolute atomic E-state index is 12.2. The van der Waals surface area contributed by atoms with Crippen molar-refractivity contribution in [1.29, 1.82) is 0 Å². The maximum atomic E-state index is 12.2. The first kappa shape index (κ1) is 21.8. The third-order valence-corrected chi connectivity index (χ3v) is 3.71. The van der Waals surface area contributed by atoms with Gasteiger partial charge in [-0.15, -0.1) is 0 Å². The molecule has 6 nitrogen and oxygen atoms in total. The van der Waals surface area contributed by atoms with Crippen LogP contribution in [0.3, 0.4) is 0 Å². The van der Waals surface area contributed by atoms with E-state index in [1.165, 1.54) is 4.90 Å². The molecule has 0 saturated carbocycles. The fraction of sp³-hybridized carbons (Fsp3) is 0.600. The molecule has 0 bridgehead atoms. The zero-order valence-corrected chi connectivity index (χ0v) is 17.0. The van der Waals surface area contributed by atoms with E-state index in [1.54, 1.807) is 7.05 Å². The third kappa shape index (κ3) is 8.23. The van der Waals surface area contributed by atoms with Gasteiger partial charge < -0.3 is 19.7 Å². The maximum Gasteiger partial charge on any atom is 0.410 e. The summed E-state index contributed by atoms with van der Waals surface area (Å²) in [7, 11) is 1.66. The highest BCUT2D eigenvalue weighted by Crippen LogP contribution is 2.21. The average molecular weight is 364 g/mol. The van der Waals surface area contributed by atoms with Crippen LogP contribution in [0.25, 0.3) is 0 Å². The molecule has 0 heterocycles. The number of amides is 2. The second-order valence-corrected chi connectivity index (χ2v) is 8.49. The van der Waals surface area contributed by atoms with Crippen LogP contribution in [0.4, 0.5) is 9.59 Å². The number of hydrogen-bond acceptors (Lipinski definition) is 4. The Labute approximate surface area is 156 Å². The van der Waals surface area contributed by atoms with E-state index in [4.69, 9.17) is 9.47 Å². The summed E-state index contributed by atoms with van der Waals surface area (Å²) in [5.74, 6) is 0. The Morgan fingerprint density at radius 3 is 2.15 bits per heavy atom. The smallest absolute Gasteiger partial charge is 0.410 e. The number of nitrogens with one attached hydrogen (secondary N) is 1. The molecular formula is C20H32N2O4. The normalized spacial score (nSPS) is 12.9. The van der Waals surface area contributed by atoms with Crippen molar-refractivity contribution in [3.05, 3.63) is 35.9 Å². The van der Waals surface area contributed by atoms with Crippen LogP contribution >= 0.6 is 0 Å². The molecule has 1 aromatic carbocycles. The fourth-order valence-corrected chi connectivity index (χ4v) is 2.13. The molecule has 6 heteroatoms. The summed E-state index contributed by atoms with van der Waals surface area (Å²) in [4.78, 5) is 25.8. The number of hydrogen-bond donors (Lipinski definition) is 1. The number of benzene rings is 1. The molecule has 1 rings (SSSR count). The molecule has 146 valence electrons. The van der Waals surface area contributed by atoms with Gasteiger partial charge in [0.1, 0.15) is 12.2 Å². The van der Waals surface area contributed by atoms with Crippen LogP contribution in [0.5, 0.6) is 0 Å². The van der Waals surface area contributed by atoms with E-state index >= 15 is 0 Å². The molecular weight excluding hydrogens is 332 g/mol. The molecule has 0 aliphatic heterocycles. The highest BCUT2D eigenvalue weighted by atomic mass is 16.6. The molecule has 0 unspecified atom stereocenters. The Morgan fingerprint density at radius 1 is 1.08 bits per heavy atom. The number of likely N-dealkylation sites (N-methyl/N-ethyl adjacent to an activating group) is 1. The first-order valence-electron chi connectivity index (χ1n) is 8.80. The highest BCUT2D eigenvalue weighted by Gasteiger charge is 2.30. The van der Waals surface area contributed by atoms with Crippen LogP contribution in [-0.4, -0.2) is 42.3 Å². The lowest BCUT2D eigenvalue weighted by Gasteiger charge is -2.34. The molecule has 1 atom stereocenters. The van der Waals surface area contributed by atoms with Crippen molar-refractivity contribution in [3.8, 4) is 0 Å². The summed E-state index contributed by atoms with van der Waals surface area (Å²) >= 11 is 0. The molecule has 0 aromatic heterocycles. The van der Waals surface area contributed by atoms with E-state index in [0.717, 1.165) is 5.56 Å². The van der Waals surface area contributed by atoms with Crippen molar-refractivity contribution < 1.29 is 19.1 Å². The number of carbonyl (C=O) groups excluding carboxylic acids is 2. The van der Waals surface area contributed by atoms with Gasteiger partial charge in [-0.2, -0.15) is 0 Å². The summed E-state index contributed by atoms with van der Waals surface area (Å²) in [5, 5.41) is 2.87. The Balaban J connectivity index is 2.63. The monoisotopic (exact) mass is 364 g/mol. The average Bonchev–Trinajstić information content (AvgIpc) is 2.50. The van der Waals surface area contributed by atoms with Gasteiger partial charge in [0, 0.05) is 13.6 Å². The number of alkyl carbamates (subject to hydrolysis) is 1. The Bertz CT molecular complexity index is 588. The van der Waals surface area contributed by atoms with Crippen molar-refractivity contribution >= 4 is 12.2 Å². The van der Waals surface area contributed by atoms with Crippen LogP contribution in [0.1, 0.15) is 47.1 Å². The Kier molecular flexibility index (Phi) is 7.48. The fourth-order valence-electron chi connectivity index (χ4n) is 2.13. The first-order valence-corrected chi connectivity index (χ1v) is 8.80. The molecule has 26 heavy (non-hydrogen) atoms. The van der Waals surface area contributed by atoms with E-state index in [2.05, 4.69) is 5.32 Å². The van der Waals surface area contributed by atoms with Crippen molar-refractivity contribution in [2.75, 3.05) is 13.6 Å². The van der Waals surface area contributed by atoms with E-state index in [9.17, 15) is 9.59 Å². The topological polar surface area (TPSA) is 67.9 Å². The van der Waals surface area contributed by atoms with E-state index in [0.29, 0.717) is 6.54 Å². The lowest BCUT2D eigenvalue weighted by atomic mass is 9.86. The van der Waals surface area contributed by atoms with Crippen LogP contribution in [0, 0.1) is 5.41 Å². The number of ether oxygens (including phenoxy) is 2. The standard InChI is InChI=1S/C20H32N2O4/c1-19(2,3)16(13-22(7)18(24)26-20(4,5)6)21-17(23)25-14-15-11-9-8-10-12-15/h8-12,16H,13-14H2,1-7H3,(H,21,23)/t16-/m1/s1. The molecule has 0 fully saturated rings. The molecule has 0 aliphatic rings. The van der Waals surface area contributed by atoms with Gasteiger partial charge in [0.2, 0.25) is 0 Å². The van der Waals surface area contributed by atoms with Gasteiger partial charge in [-0.3, -0.25) is 0 Å². The minimum atomic E-state index is -0.565. The lowest BCUT2D eigenvalue weighted by molar-refractivity contribution is 0.0253. The SMILES string of the molecule is CN(C[C@@H](NC(=O)OCc1ccccc1)C(C)(C)C)C(=O)OC(C)(C)C. The summed E-state index contributed by atoms with van der Waals surface area (Å²) in [5.41, 5.74) is 0.0907. The molecule has 0 spiro atoms. The van der Waals surface area contributed by atoms with Gasteiger partial charge >= 0.3 is 12.2 Å². The Morgan fingerprint density at radius 2 is 1.65 bits per heavy atom. The second-order valence-electron chi connectivity index (χ2n) is 8.49. The molecule has 1 N–H and O–H groups in total. The Hall–Kier alpha value is -2.24. The van der Waals surface area contributed by atoms with Crippen LogP contribution < -0.4 is 5.32 Å². The predicted molar refractivity (Wildman–Crippen MR) is 102 cm³/mol. The van der Waals surface area contributed by atoms with Gasteiger partial charge in [-0.1, -0.05) is 51.1 Å². The number of rotatable bonds is 5. The summed E-state index contributed by atoms with van der Waals surface area (Å²) in [6.07, 6.45) is -0.933. The van der Waals surface area contributed by atoms with Gasteiger partial charge in [-0.05, 0) is 31.7 Å². The van der Waals surface area contributed by atoms with Gasteiger partial charge in [0.15, 0.2) is 0 Å². The van der Waals surface area contributed by atoms with Crippen LogP contribution in [0.15, 0.2) is 30.3 Å². The minimum absolute atomic E-state index is 0.200. The van der Waals surface area contributed by atoms with Crippen molar-refractivity contribution in [2.45, 2.75) is 59.8 Å². The number of nitrogens with zero attached hydrogens (tertiary/aromatic N) is 1. The van der Waals surface area contributed by atoms with Crippen molar-refractivity contribution in [3.63, 3.8) is 0 Å². The summed E-state index contributed by atoms with van der Waals surface area (Å²) < 4.78 is 10.7. The predicted octanol–water partition coefficient (Wildman–Crippen LogP) is 4.19. The molecule has 0 aliphatic carbocycles. The quantitative estimate of drug-likeness (QED) is 0.850. The lowest BCUT2D eigenvalue weighted by Crippen LogP contribution is -2.51. The number of carbonyl (C=O) groups is 2.